The maximum absolute atomic E-state index is 13.3. The predicted molar refractivity (Wildman–Crippen MR) is 85.9 cm³/mol. The van der Waals surface area contributed by atoms with Crippen LogP contribution in [-0.4, -0.2) is 49.5 Å². The second kappa shape index (κ2) is 6.83. The van der Waals surface area contributed by atoms with Gasteiger partial charge in [0, 0.05) is 36.9 Å². The summed E-state index contributed by atoms with van der Waals surface area (Å²) in [6.45, 7) is 0.873. The van der Waals surface area contributed by atoms with Crippen LogP contribution in [0.4, 0.5) is 4.39 Å². The van der Waals surface area contributed by atoms with Crippen LogP contribution < -0.4 is 5.73 Å². The lowest BCUT2D eigenvalue weighted by molar-refractivity contribution is 0.198. The van der Waals surface area contributed by atoms with E-state index in [1.807, 2.05) is 4.90 Å². The first kappa shape index (κ1) is 17.0. The Morgan fingerprint density at radius 1 is 1.57 bits per heavy atom. The Labute approximate surface area is 133 Å². The van der Waals surface area contributed by atoms with Crippen LogP contribution in [-0.2, 0) is 9.84 Å². The molecule has 8 heteroatoms. The Kier molecular flexibility index (Phi) is 5.54. The van der Waals surface area contributed by atoms with Crippen LogP contribution in [0.25, 0.3) is 0 Å². The minimum Gasteiger partial charge on any atom is -0.329 e. The molecule has 4 nitrogen and oxygen atoms in total. The van der Waals surface area contributed by atoms with Crippen LogP contribution in [0, 0.1) is 5.82 Å². The average Bonchev–Trinajstić information content (AvgIpc) is 2.43. The van der Waals surface area contributed by atoms with E-state index >= 15 is 0 Å². The third-order valence-corrected chi connectivity index (χ3v) is 6.52. The van der Waals surface area contributed by atoms with E-state index in [9.17, 15) is 12.8 Å². The van der Waals surface area contributed by atoms with Crippen LogP contribution in [0.2, 0.25) is 5.02 Å². The highest BCUT2D eigenvalue weighted by Crippen LogP contribution is 2.31. The first-order chi connectivity index (χ1) is 9.84. The molecule has 1 saturated heterocycles. The first-order valence-electron chi connectivity index (χ1n) is 6.52. The molecule has 1 heterocycles. The summed E-state index contributed by atoms with van der Waals surface area (Å²) in [7, 11) is -3.21. The summed E-state index contributed by atoms with van der Waals surface area (Å²) in [6, 6.07) is 4.13. The van der Waals surface area contributed by atoms with Gasteiger partial charge >= 0.3 is 0 Å². The van der Waals surface area contributed by atoms with Crippen molar-refractivity contribution in [1.29, 1.82) is 0 Å². The van der Waals surface area contributed by atoms with Gasteiger partial charge in [0.25, 0.3) is 0 Å². The molecule has 0 radical (unpaired) electrons. The molecule has 0 spiro atoms. The van der Waals surface area contributed by atoms with Gasteiger partial charge in [-0.15, -0.1) is 0 Å². The zero-order valence-corrected chi connectivity index (χ0v) is 14.0. The molecule has 2 unspecified atom stereocenters. The van der Waals surface area contributed by atoms with Gasteiger partial charge in [0.15, 0.2) is 9.84 Å². The Bertz CT molecular complexity index is 612. The maximum atomic E-state index is 13.3. The summed E-state index contributed by atoms with van der Waals surface area (Å²) in [6.07, 6.45) is 1.24. The van der Waals surface area contributed by atoms with Crippen molar-refractivity contribution in [3.8, 4) is 0 Å². The number of benzene rings is 1. The third-order valence-electron chi connectivity index (χ3n) is 3.57. The van der Waals surface area contributed by atoms with Crippen LogP contribution in [0.3, 0.4) is 0 Å². The Balaban J connectivity index is 2.36. The van der Waals surface area contributed by atoms with E-state index < -0.39 is 21.0 Å². The van der Waals surface area contributed by atoms with Crippen molar-refractivity contribution in [2.24, 2.45) is 5.73 Å². The molecule has 118 valence electrons. The molecule has 1 aliphatic rings. The highest BCUT2D eigenvalue weighted by Gasteiger charge is 2.35. The smallest absolute Gasteiger partial charge is 0.164 e. The second-order valence-electron chi connectivity index (χ2n) is 5.02. The Morgan fingerprint density at radius 2 is 2.29 bits per heavy atom. The van der Waals surface area contributed by atoms with Crippen LogP contribution in [0.1, 0.15) is 11.6 Å². The average molecular weight is 353 g/mol. The van der Waals surface area contributed by atoms with Gasteiger partial charge in [0.05, 0.1) is 5.02 Å². The second-order valence-corrected chi connectivity index (χ2v) is 8.78. The molecule has 0 bridgehead atoms. The van der Waals surface area contributed by atoms with Crippen LogP contribution in [0.15, 0.2) is 18.2 Å². The molecule has 0 aromatic heterocycles. The maximum Gasteiger partial charge on any atom is 0.164 e. The van der Waals surface area contributed by atoms with Gasteiger partial charge in [0.1, 0.15) is 11.2 Å². The number of hydrogen-bond acceptors (Lipinski definition) is 5. The Morgan fingerprint density at radius 3 is 2.86 bits per heavy atom. The van der Waals surface area contributed by atoms with Crippen molar-refractivity contribution in [2.45, 2.75) is 11.4 Å². The predicted octanol–water partition coefficient (Wildman–Crippen LogP) is 1.90. The minimum atomic E-state index is -3.21. The van der Waals surface area contributed by atoms with E-state index in [1.165, 1.54) is 18.4 Å². The summed E-state index contributed by atoms with van der Waals surface area (Å²) in [5.74, 6) is 0.867. The van der Waals surface area contributed by atoms with E-state index in [0.717, 1.165) is 11.3 Å². The lowest BCUT2D eigenvalue weighted by Crippen LogP contribution is -2.50. The lowest BCUT2D eigenvalue weighted by atomic mass is 10.1. The molecule has 21 heavy (non-hydrogen) atoms. The quantitative estimate of drug-likeness (QED) is 0.896. The standard InChI is InChI=1S/C13H18ClFN2O2S2/c1-21(18,19)13-8-20-5-4-17(13)12(7-16)9-2-3-11(15)10(14)6-9/h2-3,6,12-13H,4-5,7-8,16H2,1H3. The molecule has 0 amide bonds. The molecular formula is C13H18ClFN2O2S2. The third kappa shape index (κ3) is 3.90. The summed E-state index contributed by atoms with van der Waals surface area (Å²) in [4.78, 5) is 1.88. The highest BCUT2D eigenvalue weighted by atomic mass is 35.5. The van der Waals surface area contributed by atoms with E-state index in [4.69, 9.17) is 17.3 Å². The van der Waals surface area contributed by atoms with E-state index in [1.54, 1.807) is 17.8 Å². The molecule has 1 aliphatic heterocycles. The summed E-state index contributed by atoms with van der Waals surface area (Å²) in [5.41, 5.74) is 6.59. The van der Waals surface area contributed by atoms with Crippen molar-refractivity contribution < 1.29 is 12.8 Å². The fourth-order valence-electron chi connectivity index (χ4n) is 2.50. The Hall–Kier alpha value is -0.340. The number of nitrogens with two attached hydrogens (primary N) is 1. The molecule has 2 rings (SSSR count). The van der Waals surface area contributed by atoms with Crippen molar-refractivity contribution >= 4 is 33.2 Å². The number of halogens is 2. The van der Waals surface area contributed by atoms with E-state index in [2.05, 4.69) is 0 Å². The van der Waals surface area contributed by atoms with Crippen LogP contribution in [0.5, 0.6) is 0 Å². The molecule has 0 aliphatic carbocycles. The molecular weight excluding hydrogens is 335 g/mol. The van der Waals surface area contributed by atoms with Crippen LogP contribution >= 0.6 is 23.4 Å². The van der Waals surface area contributed by atoms with Gasteiger partial charge in [-0.3, -0.25) is 4.90 Å². The number of sulfone groups is 1. The molecule has 2 atom stereocenters. The minimum absolute atomic E-state index is 0.0215. The van der Waals surface area contributed by atoms with Crippen molar-refractivity contribution in [1.82, 2.24) is 4.90 Å². The van der Waals surface area contributed by atoms with E-state index in [0.29, 0.717) is 12.3 Å². The van der Waals surface area contributed by atoms with Gasteiger partial charge in [0.2, 0.25) is 0 Å². The topological polar surface area (TPSA) is 63.4 Å². The van der Waals surface area contributed by atoms with Crippen molar-refractivity contribution in [2.75, 3.05) is 30.9 Å². The van der Waals surface area contributed by atoms with Gasteiger partial charge in [-0.1, -0.05) is 17.7 Å². The molecule has 2 N–H and O–H groups in total. The van der Waals surface area contributed by atoms with Gasteiger partial charge < -0.3 is 5.73 Å². The molecule has 1 fully saturated rings. The molecule has 1 aromatic carbocycles. The van der Waals surface area contributed by atoms with Crippen molar-refractivity contribution in [3.05, 3.63) is 34.6 Å². The molecule has 1 aromatic rings. The summed E-state index contributed by atoms with van der Waals surface area (Å²) >= 11 is 7.44. The number of hydrogen-bond donors (Lipinski definition) is 1. The summed E-state index contributed by atoms with van der Waals surface area (Å²) < 4.78 is 37.3. The van der Waals surface area contributed by atoms with Gasteiger partial charge in [-0.05, 0) is 17.7 Å². The number of thioether (sulfide) groups is 1. The van der Waals surface area contributed by atoms with Gasteiger partial charge in [-0.25, -0.2) is 12.8 Å². The zero-order chi connectivity index (χ0) is 15.6. The first-order valence-corrected chi connectivity index (χ1v) is 10.0. The number of nitrogens with zero attached hydrogens (tertiary/aromatic N) is 1. The SMILES string of the molecule is CS(=O)(=O)C1CSCCN1C(CN)c1ccc(F)c(Cl)c1. The highest BCUT2D eigenvalue weighted by molar-refractivity contribution is 8.00. The number of rotatable bonds is 4. The summed E-state index contributed by atoms with van der Waals surface area (Å²) in [5, 5.41) is -0.554. The largest absolute Gasteiger partial charge is 0.329 e. The van der Waals surface area contributed by atoms with Gasteiger partial charge in [-0.2, -0.15) is 11.8 Å². The van der Waals surface area contributed by atoms with Crippen molar-refractivity contribution in [3.63, 3.8) is 0 Å². The zero-order valence-electron chi connectivity index (χ0n) is 11.6. The van der Waals surface area contributed by atoms with E-state index in [-0.39, 0.29) is 17.6 Å². The normalized spacial score (nSPS) is 22.2. The fraction of sp³-hybridized carbons (Fsp3) is 0.538. The lowest BCUT2D eigenvalue weighted by Gasteiger charge is -2.39. The monoisotopic (exact) mass is 352 g/mol. The molecule has 0 saturated carbocycles. The fourth-order valence-corrected chi connectivity index (χ4v) is 5.61.